The van der Waals surface area contributed by atoms with Crippen molar-refractivity contribution in [1.29, 1.82) is 0 Å². The quantitative estimate of drug-likeness (QED) is 0.671. The zero-order valence-corrected chi connectivity index (χ0v) is 8.40. The van der Waals surface area contributed by atoms with Crippen LogP contribution in [0.1, 0.15) is 19.8 Å². The molecule has 0 amide bonds. The third-order valence-corrected chi connectivity index (χ3v) is 3.97. The van der Waals surface area contributed by atoms with Crippen molar-refractivity contribution in [1.82, 2.24) is 5.32 Å². The Balaban J connectivity index is 1.80. The normalized spacial score (nSPS) is 43.2. The van der Waals surface area contributed by atoms with Gasteiger partial charge in [0, 0.05) is 11.8 Å². The van der Waals surface area contributed by atoms with E-state index in [1.54, 1.807) is 0 Å². The van der Waals surface area contributed by atoms with Gasteiger partial charge in [0.2, 0.25) is 0 Å². The summed E-state index contributed by atoms with van der Waals surface area (Å²) in [5.41, 5.74) is 0. The summed E-state index contributed by atoms with van der Waals surface area (Å²) in [7, 11) is 0. The van der Waals surface area contributed by atoms with E-state index in [9.17, 15) is 0 Å². The van der Waals surface area contributed by atoms with E-state index in [1.807, 2.05) is 0 Å². The van der Waals surface area contributed by atoms with Gasteiger partial charge in [-0.15, -0.1) is 0 Å². The van der Waals surface area contributed by atoms with Crippen molar-refractivity contribution in [3.8, 4) is 0 Å². The number of nitrogens with one attached hydrogen (secondary N) is 1. The molecule has 2 aliphatic rings. The summed E-state index contributed by atoms with van der Waals surface area (Å²) in [6.45, 7) is 4.29. The monoisotopic (exact) mass is 187 g/mol. The molecule has 0 saturated carbocycles. The van der Waals surface area contributed by atoms with Gasteiger partial charge in [0.05, 0.1) is 6.61 Å². The Hall–Kier alpha value is 0.270. The molecule has 0 aromatic rings. The molecule has 0 aromatic carbocycles. The van der Waals surface area contributed by atoms with Crippen LogP contribution in [0.2, 0.25) is 0 Å². The Morgan fingerprint density at radius 3 is 3.00 bits per heavy atom. The van der Waals surface area contributed by atoms with Gasteiger partial charge in [0.15, 0.2) is 0 Å². The van der Waals surface area contributed by atoms with Gasteiger partial charge < -0.3 is 4.74 Å². The SMILES string of the molecule is CC1CNC(C2CCCS2)OC1. The lowest BCUT2D eigenvalue weighted by atomic mass is 10.1. The first kappa shape index (κ1) is 8.85. The molecule has 2 aliphatic heterocycles. The minimum absolute atomic E-state index is 0.341. The van der Waals surface area contributed by atoms with E-state index in [0.29, 0.717) is 12.1 Å². The van der Waals surface area contributed by atoms with Gasteiger partial charge in [0.1, 0.15) is 6.23 Å². The average Bonchev–Trinajstić information content (AvgIpc) is 2.58. The average molecular weight is 187 g/mol. The molecule has 2 fully saturated rings. The van der Waals surface area contributed by atoms with Gasteiger partial charge in [0.25, 0.3) is 0 Å². The van der Waals surface area contributed by atoms with Crippen molar-refractivity contribution in [2.24, 2.45) is 5.92 Å². The lowest BCUT2D eigenvalue weighted by Crippen LogP contribution is -2.47. The standard InChI is InChI=1S/C9H17NOS/c1-7-5-10-9(11-6-7)8-3-2-4-12-8/h7-10H,2-6H2,1H3. The first-order chi connectivity index (χ1) is 5.86. The second-order valence-electron chi connectivity index (χ2n) is 3.82. The predicted molar refractivity (Wildman–Crippen MR) is 52.4 cm³/mol. The maximum absolute atomic E-state index is 5.74. The molecule has 2 saturated heterocycles. The number of ether oxygens (including phenoxy) is 1. The summed E-state index contributed by atoms with van der Waals surface area (Å²) in [6, 6.07) is 0. The van der Waals surface area contributed by atoms with Crippen molar-refractivity contribution in [2.45, 2.75) is 31.2 Å². The molecule has 12 heavy (non-hydrogen) atoms. The number of hydrogen-bond acceptors (Lipinski definition) is 3. The minimum Gasteiger partial charge on any atom is -0.362 e. The van der Waals surface area contributed by atoms with E-state index in [-0.39, 0.29) is 0 Å². The molecule has 70 valence electrons. The zero-order chi connectivity index (χ0) is 8.39. The van der Waals surface area contributed by atoms with Crippen LogP contribution in [0.5, 0.6) is 0 Å². The third-order valence-electron chi connectivity index (χ3n) is 2.53. The maximum Gasteiger partial charge on any atom is 0.120 e. The highest BCUT2D eigenvalue weighted by Gasteiger charge is 2.28. The molecule has 0 spiro atoms. The molecule has 2 nitrogen and oxygen atoms in total. The molecule has 0 radical (unpaired) electrons. The van der Waals surface area contributed by atoms with Gasteiger partial charge in [-0.1, -0.05) is 6.92 Å². The summed E-state index contributed by atoms with van der Waals surface area (Å²) in [5.74, 6) is 2.01. The Bertz CT molecular complexity index is 139. The largest absolute Gasteiger partial charge is 0.362 e. The molecular formula is C9H17NOS. The van der Waals surface area contributed by atoms with Crippen LogP contribution in [-0.4, -0.2) is 30.4 Å². The highest BCUT2D eigenvalue weighted by molar-refractivity contribution is 8.00. The first-order valence-corrected chi connectivity index (χ1v) is 5.88. The van der Waals surface area contributed by atoms with Crippen LogP contribution in [0.3, 0.4) is 0 Å². The van der Waals surface area contributed by atoms with Gasteiger partial charge >= 0.3 is 0 Å². The lowest BCUT2D eigenvalue weighted by molar-refractivity contribution is -0.0242. The Labute approximate surface area is 78.4 Å². The second kappa shape index (κ2) is 3.99. The minimum atomic E-state index is 0.341. The van der Waals surface area contributed by atoms with E-state index in [4.69, 9.17) is 4.74 Å². The molecule has 3 atom stereocenters. The number of thioether (sulfide) groups is 1. The Kier molecular flexibility index (Phi) is 2.94. The molecule has 0 aromatic heterocycles. The number of hydrogen-bond donors (Lipinski definition) is 1. The molecular weight excluding hydrogens is 170 g/mol. The number of rotatable bonds is 1. The highest BCUT2D eigenvalue weighted by Crippen LogP contribution is 2.30. The van der Waals surface area contributed by atoms with E-state index in [1.165, 1.54) is 18.6 Å². The Morgan fingerprint density at radius 2 is 2.42 bits per heavy atom. The summed E-state index contributed by atoms with van der Waals surface area (Å²) in [5, 5.41) is 4.19. The fraction of sp³-hybridized carbons (Fsp3) is 1.00. The van der Waals surface area contributed by atoms with Crippen molar-refractivity contribution in [3.63, 3.8) is 0 Å². The van der Waals surface area contributed by atoms with Crippen LogP contribution in [0.15, 0.2) is 0 Å². The fourth-order valence-electron chi connectivity index (χ4n) is 1.78. The van der Waals surface area contributed by atoms with Crippen molar-refractivity contribution in [2.75, 3.05) is 18.9 Å². The topological polar surface area (TPSA) is 21.3 Å². The van der Waals surface area contributed by atoms with Crippen LogP contribution < -0.4 is 5.32 Å². The fourth-order valence-corrected chi connectivity index (χ4v) is 3.10. The van der Waals surface area contributed by atoms with E-state index in [2.05, 4.69) is 24.0 Å². The third kappa shape index (κ3) is 1.95. The summed E-state index contributed by atoms with van der Waals surface area (Å²) >= 11 is 2.06. The molecule has 2 heterocycles. The molecule has 0 aliphatic carbocycles. The van der Waals surface area contributed by atoms with Gasteiger partial charge in [-0.3, -0.25) is 5.32 Å². The summed E-state index contributed by atoms with van der Waals surface area (Å²) in [4.78, 5) is 0. The predicted octanol–water partition coefficient (Wildman–Crippen LogP) is 1.46. The van der Waals surface area contributed by atoms with Crippen LogP contribution in [-0.2, 0) is 4.74 Å². The van der Waals surface area contributed by atoms with E-state index >= 15 is 0 Å². The van der Waals surface area contributed by atoms with E-state index in [0.717, 1.165) is 18.4 Å². The van der Waals surface area contributed by atoms with E-state index < -0.39 is 0 Å². The van der Waals surface area contributed by atoms with Crippen molar-refractivity contribution < 1.29 is 4.74 Å². The maximum atomic E-state index is 5.74. The summed E-state index contributed by atoms with van der Waals surface area (Å²) < 4.78 is 5.74. The molecule has 3 heteroatoms. The Morgan fingerprint density at radius 1 is 1.50 bits per heavy atom. The van der Waals surface area contributed by atoms with Crippen LogP contribution in [0.4, 0.5) is 0 Å². The molecule has 3 unspecified atom stereocenters. The van der Waals surface area contributed by atoms with Gasteiger partial charge in [-0.2, -0.15) is 11.8 Å². The highest BCUT2D eigenvalue weighted by atomic mass is 32.2. The smallest absolute Gasteiger partial charge is 0.120 e. The first-order valence-electron chi connectivity index (χ1n) is 4.83. The van der Waals surface area contributed by atoms with Gasteiger partial charge in [-0.05, 0) is 24.5 Å². The molecule has 2 rings (SSSR count). The van der Waals surface area contributed by atoms with Crippen LogP contribution in [0.25, 0.3) is 0 Å². The molecule has 1 N–H and O–H groups in total. The van der Waals surface area contributed by atoms with Crippen LogP contribution >= 0.6 is 11.8 Å². The van der Waals surface area contributed by atoms with Crippen LogP contribution in [0, 0.1) is 5.92 Å². The van der Waals surface area contributed by atoms with Crippen molar-refractivity contribution in [3.05, 3.63) is 0 Å². The summed E-state index contributed by atoms with van der Waals surface area (Å²) in [6.07, 6.45) is 3.04. The molecule has 0 bridgehead atoms. The van der Waals surface area contributed by atoms with Gasteiger partial charge in [-0.25, -0.2) is 0 Å². The zero-order valence-electron chi connectivity index (χ0n) is 7.58. The van der Waals surface area contributed by atoms with Crippen molar-refractivity contribution >= 4 is 11.8 Å². The second-order valence-corrected chi connectivity index (χ2v) is 5.17. The lowest BCUT2D eigenvalue weighted by Gasteiger charge is -2.31.